The van der Waals surface area contributed by atoms with Gasteiger partial charge in [-0.05, 0) is 44.2 Å². The third-order valence-electron chi connectivity index (χ3n) is 4.19. The number of rotatable bonds is 6. The predicted octanol–water partition coefficient (Wildman–Crippen LogP) is 4.86. The topological polar surface area (TPSA) is 84.2 Å². The molecule has 0 spiro atoms. The lowest BCUT2D eigenvalue weighted by atomic mass is 10.2. The van der Waals surface area contributed by atoms with E-state index >= 15 is 0 Å². The molecule has 3 rings (SSSR count). The second-order valence-electron chi connectivity index (χ2n) is 6.67. The normalized spacial score (nSPS) is 13.3. The fraction of sp³-hybridized carbons (Fsp3) is 0.250. The molecule has 30 heavy (non-hydrogen) atoms. The average molecular weight is 487 g/mol. The van der Waals surface area contributed by atoms with E-state index in [4.69, 9.17) is 34.8 Å². The van der Waals surface area contributed by atoms with E-state index in [1.54, 1.807) is 50.2 Å². The van der Waals surface area contributed by atoms with E-state index in [0.29, 0.717) is 31.8 Å². The molecular weight excluding hydrogens is 469 g/mol. The molecule has 158 valence electrons. The van der Waals surface area contributed by atoms with E-state index in [-0.39, 0.29) is 23.0 Å². The molecule has 3 aromatic rings. The molecule has 0 aliphatic heterocycles. The molecule has 1 heterocycles. The van der Waals surface area contributed by atoms with Crippen LogP contribution in [0, 0.1) is 0 Å². The highest BCUT2D eigenvalue weighted by molar-refractivity contribution is 8.00. The molecular formula is C20H18Cl3N3O3S. The molecule has 0 aliphatic rings. The van der Waals surface area contributed by atoms with Crippen LogP contribution in [-0.4, -0.2) is 31.9 Å². The quantitative estimate of drug-likeness (QED) is 0.384. The molecule has 2 N–H and O–H groups in total. The third-order valence-corrected chi connectivity index (χ3v) is 6.33. The van der Waals surface area contributed by atoms with Crippen LogP contribution in [0.15, 0.2) is 46.3 Å². The summed E-state index contributed by atoms with van der Waals surface area (Å²) in [5, 5.41) is 13.6. The van der Waals surface area contributed by atoms with Crippen LogP contribution in [0.5, 0.6) is 0 Å². The Labute approximate surface area is 192 Å². The number of fused-ring (bicyclic) bond motifs is 1. The van der Waals surface area contributed by atoms with Crippen molar-refractivity contribution in [2.45, 2.75) is 36.9 Å². The van der Waals surface area contributed by atoms with E-state index in [1.807, 2.05) is 0 Å². The van der Waals surface area contributed by atoms with Gasteiger partial charge < -0.3 is 10.4 Å². The summed E-state index contributed by atoms with van der Waals surface area (Å²) in [4.78, 5) is 30.2. The Morgan fingerprint density at radius 2 is 1.97 bits per heavy atom. The summed E-state index contributed by atoms with van der Waals surface area (Å²) in [5.41, 5.74) is 0.495. The van der Waals surface area contributed by atoms with Crippen LogP contribution < -0.4 is 10.9 Å². The molecule has 2 unspecified atom stereocenters. The van der Waals surface area contributed by atoms with E-state index in [1.165, 1.54) is 4.57 Å². The van der Waals surface area contributed by atoms with Crippen molar-refractivity contribution in [3.05, 3.63) is 61.8 Å². The summed E-state index contributed by atoms with van der Waals surface area (Å²) in [7, 11) is 0. The Morgan fingerprint density at radius 1 is 1.23 bits per heavy atom. The smallest absolute Gasteiger partial charge is 0.262 e. The second-order valence-corrected chi connectivity index (χ2v) is 9.20. The molecule has 0 aliphatic carbocycles. The zero-order valence-electron chi connectivity index (χ0n) is 16.0. The van der Waals surface area contributed by atoms with Crippen LogP contribution in [0.25, 0.3) is 10.9 Å². The molecule has 0 bridgehead atoms. The molecule has 0 saturated carbocycles. The number of aliphatic hydroxyl groups excluding tert-OH is 1. The van der Waals surface area contributed by atoms with Gasteiger partial charge in [-0.1, -0.05) is 52.6 Å². The number of halogens is 3. The zero-order valence-corrected chi connectivity index (χ0v) is 19.1. The molecule has 1 aromatic heterocycles. The Balaban J connectivity index is 1.93. The number of hydrogen-bond donors (Lipinski definition) is 2. The maximum absolute atomic E-state index is 12.9. The van der Waals surface area contributed by atoms with Crippen molar-refractivity contribution in [1.82, 2.24) is 9.55 Å². The summed E-state index contributed by atoms with van der Waals surface area (Å²) < 4.78 is 1.36. The highest BCUT2D eigenvalue weighted by Gasteiger charge is 2.21. The van der Waals surface area contributed by atoms with Crippen LogP contribution in [0.2, 0.25) is 15.1 Å². The lowest BCUT2D eigenvalue weighted by molar-refractivity contribution is -0.115. The number of thioether (sulfide) groups is 1. The predicted molar refractivity (Wildman–Crippen MR) is 123 cm³/mol. The number of carbonyl (C=O) groups is 1. The standard InChI is InChI=1S/C20H18Cl3N3O3S/c1-10(27)9-26-19(29)13-7-6-12(21)8-16(13)25-20(26)30-11(2)18(28)24-15-5-3-4-14(22)17(15)23/h3-8,10-11,27H,9H2,1-2H3,(H,24,28). The Bertz CT molecular complexity index is 1170. The summed E-state index contributed by atoms with van der Waals surface area (Å²) in [6.45, 7) is 3.30. The Morgan fingerprint density at radius 3 is 2.67 bits per heavy atom. The third kappa shape index (κ3) is 5.10. The number of aliphatic hydroxyl groups is 1. The van der Waals surface area contributed by atoms with Gasteiger partial charge in [-0.3, -0.25) is 14.2 Å². The first-order valence-electron chi connectivity index (χ1n) is 8.97. The van der Waals surface area contributed by atoms with Crippen LogP contribution >= 0.6 is 46.6 Å². The maximum atomic E-state index is 12.9. The molecule has 10 heteroatoms. The Hall–Kier alpha value is -1.77. The first-order valence-corrected chi connectivity index (χ1v) is 11.0. The highest BCUT2D eigenvalue weighted by Crippen LogP contribution is 2.31. The van der Waals surface area contributed by atoms with Gasteiger partial charge in [-0.15, -0.1) is 0 Å². The van der Waals surface area contributed by atoms with Gasteiger partial charge in [-0.25, -0.2) is 4.98 Å². The van der Waals surface area contributed by atoms with Gasteiger partial charge >= 0.3 is 0 Å². The van der Waals surface area contributed by atoms with Gasteiger partial charge in [-0.2, -0.15) is 0 Å². The Kier molecular flexibility index (Phi) is 7.31. The molecule has 2 aromatic carbocycles. The number of anilines is 1. The van der Waals surface area contributed by atoms with Crippen LogP contribution in [0.4, 0.5) is 5.69 Å². The van der Waals surface area contributed by atoms with Crippen molar-refractivity contribution < 1.29 is 9.90 Å². The average Bonchev–Trinajstić information content (AvgIpc) is 2.68. The number of amides is 1. The van der Waals surface area contributed by atoms with E-state index in [9.17, 15) is 14.7 Å². The molecule has 6 nitrogen and oxygen atoms in total. The van der Waals surface area contributed by atoms with Gasteiger partial charge in [0.2, 0.25) is 5.91 Å². The van der Waals surface area contributed by atoms with Gasteiger partial charge in [0.05, 0.1) is 44.5 Å². The number of hydrogen-bond acceptors (Lipinski definition) is 5. The summed E-state index contributed by atoms with van der Waals surface area (Å²) in [6.07, 6.45) is -0.775. The minimum atomic E-state index is -0.775. The number of carbonyl (C=O) groups excluding carboxylic acids is 1. The minimum absolute atomic E-state index is 0.0429. The van der Waals surface area contributed by atoms with Gasteiger partial charge in [0.15, 0.2) is 5.16 Å². The van der Waals surface area contributed by atoms with Crippen molar-refractivity contribution >= 4 is 69.1 Å². The molecule has 0 fully saturated rings. The van der Waals surface area contributed by atoms with Crippen LogP contribution in [0.3, 0.4) is 0 Å². The molecule has 1 amide bonds. The number of aromatic nitrogens is 2. The van der Waals surface area contributed by atoms with Crippen LogP contribution in [0.1, 0.15) is 13.8 Å². The number of benzene rings is 2. The van der Waals surface area contributed by atoms with Crippen molar-refractivity contribution in [3.63, 3.8) is 0 Å². The van der Waals surface area contributed by atoms with E-state index in [2.05, 4.69) is 10.3 Å². The fourth-order valence-corrected chi connectivity index (χ4v) is 4.17. The molecule has 0 saturated heterocycles. The highest BCUT2D eigenvalue weighted by atomic mass is 35.5. The van der Waals surface area contributed by atoms with Crippen LogP contribution in [-0.2, 0) is 11.3 Å². The first-order chi connectivity index (χ1) is 14.2. The van der Waals surface area contributed by atoms with Gasteiger partial charge in [0, 0.05) is 5.02 Å². The number of nitrogens with zero attached hydrogens (tertiary/aromatic N) is 2. The van der Waals surface area contributed by atoms with Crippen molar-refractivity contribution in [2.24, 2.45) is 0 Å². The second kappa shape index (κ2) is 9.58. The van der Waals surface area contributed by atoms with E-state index < -0.39 is 11.4 Å². The summed E-state index contributed by atoms with van der Waals surface area (Å²) >= 11 is 19.3. The van der Waals surface area contributed by atoms with Crippen molar-refractivity contribution in [3.8, 4) is 0 Å². The summed E-state index contributed by atoms with van der Waals surface area (Å²) in [5.74, 6) is -0.340. The van der Waals surface area contributed by atoms with Gasteiger partial charge in [0.1, 0.15) is 0 Å². The minimum Gasteiger partial charge on any atom is -0.392 e. The largest absolute Gasteiger partial charge is 0.392 e. The van der Waals surface area contributed by atoms with Crippen molar-refractivity contribution in [1.29, 1.82) is 0 Å². The lowest BCUT2D eigenvalue weighted by Gasteiger charge is -2.17. The zero-order chi connectivity index (χ0) is 22.0. The first kappa shape index (κ1) is 22.9. The fourth-order valence-electron chi connectivity index (χ4n) is 2.74. The monoisotopic (exact) mass is 485 g/mol. The number of nitrogens with one attached hydrogen (secondary N) is 1. The maximum Gasteiger partial charge on any atom is 0.262 e. The van der Waals surface area contributed by atoms with Gasteiger partial charge in [0.25, 0.3) is 5.56 Å². The van der Waals surface area contributed by atoms with E-state index in [0.717, 1.165) is 11.8 Å². The lowest BCUT2D eigenvalue weighted by Crippen LogP contribution is -2.29. The molecule has 0 radical (unpaired) electrons. The van der Waals surface area contributed by atoms with Crippen molar-refractivity contribution in [2.75, 3.05) is 5.32 Å². The summed E-state index contributed by atoms with van der Waals surface area (Å²) in [6, 6.07) is 9.73. The molecule has 2 atom stereocenters. The SMILES string of the molecule is CC(O)Cn1c(SC(C)C(=O)Nc2cccc(Cl)c2Cl)nc2cc(Cl)ccc2c1=O.